The summed E-state index contributed by atoms with van der Waals surface area (Å²) in [5, 5.41) is 11.7. The molecule has 4 rings (SSSR count). The van der Waals surface area contributed by atoms with Crippen molar-refractivity contribution in [1.82, 2.24) is 0 Å². The molecule has 0 aliphatic carbocycles. The number of amides is 1. The van der Waals surface area contributed by atoms with Crippen molar-refractivity contribution >= 4 is 46.3 Å². The molecule has 1 amide bonds. The maximum Gasteiger partial charge on any atom is 0.300 e. The highest BCUT2D eigenvalue weighted by Crippen LogP contribution is 2.43. The van der Waals surface area contributed by atoms with Crippen molar-refractivity contribution in [2.24, 2.45) is 0 Å². The van der Waals surface area contributed by atoms with E-state index in [0.717, 1.165) is 0 Å². The number of aliphatic hydroxyl groups is 1. The average Bonchev–Trinajstić information content (AvgIpc) is 3.11. The van der Waals surface area contributed by atoms with E-state index in [9.17, 15) is 14.7 Å². The topological polar surface area (TPSA) is 76.1 Å². The molecule has 0 spiro atoms. The molecule has 1 aliphatic heterocycles. The summed E-state index contributed by atoms with van der Waals surface area (Å²) in [7, 11) is 1.54. The Kier molecular flexibility index (Phi) is 7.05. The smallest absolute Gasteiger partial charge is 0.300 e. The van der Waals surface area contributed by atoms with Crippen LogP contribution in [0.5, 0.6) is 11.5 Å². The number of halogens is 2. The second-order valence-electron chi connectivity index (χ2n) is 8.23. The molecule has 0 radical (unpaired) electrons. The van der Waals surface area contributed by atoms with Crippen LogP contribution in [0.2, 0.25) is 10.0 Å². The van der Waals surface area contributed by atoms with E-state index in [0.29, 0.717) is 27.8 Å². The third-order valence-corrected chi connectivity index (χ3v) is 6.29. The molecule has 0 saturated carbocycles. The SMILES string of the molecule is COc1ccc(N2C(=O)C(=O)/C(=C(\O)c3ccc(Cl)c(Cl)c3)C2c2ccc(OC(C)C)cc2)cc1. The van der Waals surface area contributed by atoms with Gasteiger partial charge in [0, 0.05) is 11.3 Å². The van der Waals surface area contributed by atoms with Gasteiger partial charge in [-0.2, -0.15) is 0 Å². The van der Waals surface area contributed by atoms with Crippen molar-refractivity contribution < 1.29 is 24.2 Å². The summed E-state index contributed by atoms with van der Waals surface area (Å²) < 4.78 is 10.9. The van der Waals surface area contributed by atoms with Gasteiger partial charge in [0.2, 0.25) is 0 Å². The lowest BCUT2D eigenvalue weighted by Crippen LogP contribution is -2.29. The number of ether oxygens (including phenoxy) is 2. The molecule has 1 aliphatic rings. The lowest BCUT2D eigenvalue weighted by atomic mass is 9.95. The van der Waals surface area contributed by atoms with E-state index in [1.54, 1.807) is 61.7 Å². The van der Waals surface area contributed by atoms with Crippen LogP contribution in [0.1, 0.15) is 31.0 Å². The van der Waals surface area contributed by atoms with E-state index in [4.69, 9.17) is 32.7 Å². The summed E-state index contributed by atoms with van der Waals surface area (Å²) in [4.78, 5) is 27.9. The van der Waals surface area contributed by atoms with Gasteiger partial charge in [0.25, 0.3) is 11.7 Å². The number of hydrogen-bond acceptors (Lipinski definition) is 5. The Hall–Kier alpha value is -3.48. The fourth-order valence-corrected chi connectivity index (χ4v) is 4.25. The van der Waals surface area contributed by atoms with Gasteiger partial charge >= 0.3 is 0 Å². The normalized spacial score (nSPS) is 17.2. The first-order chi connectivity index (χ1) is 16.7. The van der Waals surface area contributed by atoms with E-state index in [1.165, 1.54) is 17.0 Å². The number of Topliss-reactive ketones (excluding diaryl/α,β-unsaturated/α-hetero) is 1. The highest BCUT2D eigenvalue weighted by atomic mass is 35.5. The van der Waals surface area contributed by atoms with E-state index < -0.39 is 17.7 Å². The zero-order valence-corrected chi connectivity index (χ0v) is 20.8. The summed E-state index contributed by atoms with van der Waals surface area (Å²) in [6.45, 7) is 3.84. The number of ketones is 1. The Morgan fingerprint density at radius 2 is 1.54 bits per heavy atom. The van der Waals surface area contributed by atoms with Gasteiger partial charge in [-0.1, -0.05) is 35.3 Å². The molecule has 0 bridgehead atoms. The third kappa shape index (κ3) is 4.85. The van der Waals surface area contributed by atoms with E-state index in [2.05, 4.69) is 0 Å². The molecule has 6 nitrogen and oxygen atoms in total. The monoisotopic (exact) mass is 511 g/mol. The first-order valence-electron chi connectivity index (χ1n) is 10.9. The van der Waals surface area contributed by atoms with Crippen LogP contribution in [-0.2, 0) is 9.59 Å². The lowest BCUT2D eigenvalue weighted by Gasteiger charge is -2.26. The molecular weight excluding hydrogens is 489 g/mol. The predicted molar refractivity (Wildman–Crippen MR) is 136 cm³/mol. The molecule has 3 aromatic rings. The minimum atomic E-state index is -0.883. The molecule has 1 unspecified atom stereocenters. The van der Waals surface area contributed by atoms with Crippen molar-refractivity contribution in [3.05, 3.63) is 93.5 Å². The molecule has 0 aromatic heterocycles. The molecule has 1 saturated heterocycles. The number of aliphatic hydroxyl groups excluding tert-OH is 1. The zero-order chi connectivity index (χ0) is 25.3. The Bertz CT molecular complexity index is 1300. The minimum Gasteiger partial charge on any atom is -0.507 e. The van der Waals surface area contributed by atoms with Crippen molar-refractivity contribution in [2.75, 3.05) is 12.0 Å². The van der Waals surface area contributed by atoms with E-state index in [-0.39, 0.29) is 28.0 Å². The minimum absolute atomic E-state index is 0.0135. The Morgan fingerprint density at radius 1 is 0.914 bits per heavy atom. The summed E-state index contributed by atoms with van der Waals surface area (Å²) >= 11 is 12.2. The number of carbonyl (C=O) groups excluding carboxylic acids is 2. The summed E-state index contributed by atoms with van der Waals surface area (Å²) in [5.41, 5.74) is 1.32. The van der Waals surface area contributed by atoms with Crippen LogP contribution >= 0.6 is 23.2 Å². The molecule has 1 N–H and O–H groups in total. The third-order valence-electron chi connectivity index (χ3n) is 5.56. The highest BCUT2D eigenvalue weighted by Gasteiger charge is 2.47. The zero-order valence-electron chi connectivity index (χ0n) is 19.3. The number of anilines is 1. The van der Waals surface area contributed by atoms with Gasteiger partial charge in [-0.3, -0.25) is 14.5 Å². The molecule has 180 valence electrons. The molecule has 1 atom stereocenters. The lowest BCUT2D eigenvalue weighted by molar-refractivity contribution is -0.132. The van der Waals surface area contributed by atoms with Crippen LogP contribution < -0.4 is 14.4 Å². The molecule has 1 fully saturated rings. The molecule has 1 heterocycles. The predicted octanol–water partition coefficient (Wildman–Crippen LogP) is 6.42. The molecule has 3 aromatic carbocycles. The van der Waals surface area contributed by atoms with Gasteiger partial charge in [0.1, 0.15) is 17.3 Å². The van der Waals surface area contributed by atoms with Crippen molar-refractivity contribution in [1.29, 1.82) is 0 Å². The summed E-state index contributed by atoms with van der Waals surface area (Å²) in [6.07, 6.45) is -0.0135. The van der Waals surface area contributed by atoms with Crippen molar-refractivity contribution in [2.45, 2.75) is 26.0 Å². The van der Waals surface area contributed by atoms with Crippen LogP contribution in [0.3, 0.4) is 0 Å². The first-order valence-corrected chi connectivity index (χ1v) is 11.6. The van der Waals surface area contributed by atoms with Gasteiger partial charge in [0.05, 0.1) is 34.9 Å². The first kappa shape index (κ1) is 24.6. The largest absolute Gasteiger partial charge is 0.507 e. The van der Waals surface area contributed by atoms with Crippen LogP contribution in [0, 0.1) is 0 Å². The van der Waals surface area contributed by atoms with Gasteiger partial charge in [-0.05, 0) is 74.0 Å². The second kappa shape index (κ2) is 10.0. The molecule has 35 heavy (non-hydrogen) atoms. The van der Waals surface area contributed by atoms with Gasteiger partial charge in [-0.15, -0.1) is 0 Å². The maximum absolute atomic E-state index is 13.3. The van der Waals surface area contributed by atoms with Crippen molar-refractivity contribution in [3.8, 4) is 11.5 Å². The van der Waals surface area contributed by atoms with Crippen LogP contribution in [0.15, 0.2) is 72.3 Å². The highest BCUT2D eigenvalue weighted by molar-refractivity contribution is 6.51. The summed E-state index contributed by atoms with van der Waals surface area (Å²) in [6, 6.07) is 17.5. The van der Waals surface area contributed by atoms with Gasteiger partial charge in [-0.25, -0.2) is 0 Å². The Balaban J connectivity index is 1.88. The van der Waals surface area contributed by atoms with Crippen molar-refractivity contribution in [3.63, 3.8) is 0 Å². The van der Waals surface area contributed by atoms with Crippen LogP contribution in [0.25, 0.3) is 5.76 Å². The Morgan fingerprint density at radius 3 is 2.11 bits per heavy atom. The van der Waals surface area contributed by atoms with Gasteiger partial charge in [0.15, 0.2) is 0 Å². The molecule has 8 heteroatoms. The second-order valence-corrected chi connectivity index (χ2v) is 9.05. The maximum atomic E-state index is 13.3. The number of methoxy groups -OCH3 is 1. The Labute approximate surface area is 213 Å². The summed E-state index contributed by atoms with van der Waals surface area (Å²) in [5.74, 6) is -0.658. The number of carbonyl (C=O) groups is 2. The van der Waals surface area contributed by atoms with E-state index in [1.807, 2.05) is 13.8 Å². The number of nitrogens with zero attached hydrogens (tertiary/aromatic N) is 1. The van der Waals surface area contributed by atoms with Crippen LogP contribution in [-0.4, -0.2) is 30.0 Å². The fraction of sp³-hybridized carbons (Fsp3) is 0.185. The standard InChI is InChI=1S/C27H23Cl2NO5/c1-15(2)35-20-9-4-16(5-10-20)24-23(25(31)17-6-13-21(28)22(29)14-17)26(32)27(33)30(24)18-7-11-19(34-3)12-8-18/h4-15,24,31H,1-3H3/b25-23-. The number of rotatable bonds is 6. The fourth-order valence-electron chi connectivity index (χ4n) is 3.96. The van der Waals surface area contributed by atoms with Crippen LogP contribution in [0.4, 0.5) is 5.69 Å². The number of hydrogen-bond donors (Lipinski definition) is 1. The quantitative estimate of drug-likeness (QED) is 0.235. The molecular formula is C27H23Cl2NO5. The van der Waals surface area contributed by atoms with E-state index >= 15 is 0 Å². The van der Waals surface area contributed by atoms with Gasteiger partial charge < -0.3 is 14.6 Å². The number of benzene rings is 3. The average molecular weight is 512 g/mol.